The summed E-state index contributed by atoms with van der Waals surface area (Å²) in [7, 11) is -0.142. The number of methoxy groups -OCH3 is 2. The van der Waals surface area contributed by atoms with E-state index in [4.69, 9.17) is 13.9 Å². The summed E-state index contributed by atoms with van der Waals surface area (Å²) in [6, 6.07) is 9.65. The van der Waals surface area contributed by atoms with Crippen LogP contribution in [0.5, 0.6) is 11.5 Å². The Kier molecular flexibility index (Phi) is 5.25. The van der Waals surface area contributed by atoms with Crippen molar-refractivity contribution in [2.45, 2.75) is 12.5 Å². The molecule has 1 aliphatic rings. The minimum Gasteiger partial charge on any atom is -0.497 e. The molecule has 1 N–H and O–H groups in total. The number of sulfone groups is 1. The summed E-state index contributed by atoms with van der Waals surface area (Å²) in [5.41, 5.74) is 0.811. The third-order valence-corrected chi connectivity index (χ3v) is 6.71. The Morgan fingerprint density at radius 3 is 2.70 bits per heavy atom. The average molecular weight is 431 g/mol. The molecule has 1 saturated heterocycles. The maximum Gasteiger partial charge on any atom is 0.260 e. The fourth-order valence-electron chi connectivity index (χ4n) is 3.45. The number of carbonyl (C=O) groups excluding carboxylic acids is 1. The van der Waals surface area contributed by atoms with Crippen LogP contribution < -0.4 is 14.8 Å². The Bertz CT molecular complexity index is 1170. The van der Waals surface area contributed by atoms with Crippen molar-refractivity contribution in [2.24, 2.45) is 0 Å². The van der Waals surface area contributed by atoms with Crippen molar-refractivity contribution in [3.63, 3.8) is 0 Å². The molecule has 1 amide bonds. The highest BCUT2D eigenvalue weighted by Gasteiger charge is 2.32. The average Bonchev–Trinajstić information content (AvgIpc) is 3.47. The van der Waals surface area contributed by atoms with Gasteiger partial charge in [-0.15, -0.1) is 0 Å². The van der Waals surface area contributed by atoms with Crippen LogP contribution in [-0.2, 0) is 9.84 Å². The lowest BCUT2D eigenvalue weighted by molar-refractivity contribution is 0.102. The van der Waals surface area contributed by atoms with Crippen LogP contribution >= 0.6 is 0 Å². The molecule has 0 aliphatic carbocycles. The zero-order chi connectivity index (χ0) is 21.3. The summed E-state index contributed by atoms with van der Waals surface area (Å²) in [5, 5.41) is 7.34. The van der Waals surface area contributed by atoms with Crippen LogP contribution in [0.1, 0.15) is 22.8 Å². The molecule has 158 valence electrons. The fraction of sp³-hybridized carbons (Fsp3) is 0.300. The van der Waals surface area contributed by atoms with Crippen LogP contribution in [-0.4, -0.2) is 49.8 Å². The molecular weight excluding hydrogens is 410 g/mol. The smallest absolute Gasteiger partial charge is 0.260 e. The second kappa shape index (κ2) is 7.86. The molecular formula is C20H21N3O6S. The lowest BCUT2D eigenvalue weighted by Crippen LogP contribution is -2.20. The molecule has 1 aromatic carbocycles. The monoisotopic (exact) mass is 431 g/mol. The van der Waals surface area contributed by atoms with Crippen molar-refractivity contribution in [3.05, 3.63) is 48.2 Å². The number of carbonyl (C=O) groups is 1. The van der Waals surface area contributed by atoms with Gasteiger partial charge in [-0.2, -0.15) is 5.10 Å². The molecule has 1 fully saturated rings. The zero-order valence-electron chi connectivity index (χ0n) is 16.5. The topological polar surface area (TPSA) is 113 Å². The highest BCUT2D eigenvalue weighted by atomic mass is 32.2. The number of nitrogens with one attached hydrogen (secondary N) is 1. The molecule has 10 heteroatoms. The van der Waals surface area contributed by atoms with Crippen molar-refractivity contribution in [1.82, 2.24) is 9.78 Å². The van der Waals surface area contributed by atoms with E-state index in [0.717, 1.165) is 0 Å². The summed E-state index contributed by atoms with van der Waals surface area (Å²) in [5.74, 6) is 1.47. The number of amides is 1. The molecule has 0 spiro atoms. The number of benzene rings is 1. The summed E-state index contributed by atoms with van der Waals surface area (Å²) in [4.78, 5) is 13.0. The molecule has 0 bridgehead atoms. The molecule has 9 nitrogen and oxygen atoms in total. The predicted molar refractivity (Wildman–Crippen MR) is 110 cm³/mol. The van der Waals surface area contributed by atoms with Gasteiger partial charge < -0.3 is 19.2 Å². The second-order valence-corrected chi connectivity index (χ2v) is 9.14. The van der Waals surface area contributed by atoms with Gasteiger partial charge in [0.25, 0.3) is 5.91 Å². The summed E-state index contributed by atoms with van der Waals surface area (Å²) < 4.78 is 41.4. The fourth-order valence-corrected chi connectivity index (χ4v) is 5.14. The maximum atomic E-state index is 13.0. The van der Waals surface area contributed by atoms with Crippen molar-refractivity contribution >= 4 is 21.6 Å². The van der Waals surface area contributed by atoms with Gasteiger partial charge in [0.1, 0.15) is 23.0 Å². The number of rotatable bonds is 6. The summed E-state index contributed by atoms with van der Waals surface area (Å²) in [6.45, 7) is 0. The van der Waals surface area contributed by atoms with Crippen LogP contribution in [0.4, 0.5) is 5.82 Å². The van der Waals surface area contributed by atoms with E-state index >= 15 is 0 Å². The van der Waals surface area contributed by atoms with Gasteiger partial charge in [0.15, 0.2) is 15.6 Å². The normalized spacial score (nSPS) is 17.6. The van der Waals surface area contributed by atoms with Crippen LogP contribution in [0.15, 0.2) is 47.1 Å². The van der Waals surface area contributed by atoms with Crippen LogP contribution in [0.2, 0.25) is 0 Å². The number of hydrogen-bond acceptors (Lipinski definition) is 7. The van der Waals surface area contributed by atoms with Crippen molar-refractivity contribution in [3.8, 4) is 23.0 Å². The Balaban J connectivity index is 1.68. The second-order valence-electron chi connectivity index (χ2n) is 6.91. The zero-order valence-corrected chi connectivity index (χ0v) is 17.3. The number of ether oxygens (including phenoxy) is 2. The third kappa shape index (κ3) is 3.90. The van der Waals surface area contributed by atoms with E-state index in [1.165, 1.54) is 20.5 Å². The van der Waals surface area contributed by atoms with Gasteiger partial charge in [-0.1, -0.05) is 0 Å². The predicted octanol–water partition coefficient (Wildman–Crippen LogP) is 2.77. The number of hydrogen-bond donors (Lipinski definition) is 1. The third-order valence-electron chi connectivity index (χ3n) is 4.96. The van der Waals surface area contributed by atoms with Gasteiger partial charge in [-0.3, -0.25) is 4.79 Å². The molecule has 2 aromatic heterocycles. The largest absolute Gasteiger partial charge is 0.497 e. The number of anilines is 1. The van der Waals surface area contributed by atoms with Gasteiger partial charge in [-0.25, -0.2) is 13.1 Å². The maximum absolute atomic E-state index is 13.0. The molecule has 0 unspecified atom stereocenters. The van der Waals surface area contributed by atoms with Gasteiger partial charge in [-0.05, 0) is 30.7 Å². The van der Waals surface area contributed by atoms with E-state index in [0.29, 0.717) is 40.8 Å². The minimum atomic E-state index is -3.13. The number of aromatic nitrogens is 2. The molecule has 0 radical (unpaired) electrons. The summed E-state index contributed by atoms with van der Waals surface area (Å²) >= 11 is 0. The molecule has 1 aliphatic heterocycles. The first kappa shape index (κ1) is 20.0. The van der Waals surface area contributed by atoms with Gasteiger partial charge in [0, 0.05) is 12.1 Å². The highest BCUT2D eigenvalue weighted by Crippen LogP contribution is 2.31. The molecule has 3 aromatic rings. The van der Waals surface area contributed by atoms with E-state index in [-0.39, 0.29) is 17.5 Å². The molecule has 4 rings (SSSR count). The number of furan rings is 1. The van der Waals surface area contributed by atoms with Gasteiger partial charge in [0.05, 0.1) is 43.6 Å². The Morgan fingerprint density at radius 1 is 1.23 bits per heavy atom. The van der Waals surface area contributed by atoms with Gasteiger partial charge >= 0.3 is 0 Å². The SMILES string of the molecule is COc1ccc(C(=O)Nc2cc(-c3ccco3)nn2[C@H]2CCS(=O)(=O)C2)c(OC)c1. The van der Waals surface area contributed by atoms with Gasteiger partial charge in [0.2, 0.25) is 0 Å². The summed E-state index contributed by atoms with van der Waals surface area (Å²) in [6.07, 6.45) is 1.95. The first-order valence-electron chi connectivity index (χ1n) is 9.27. The van der Waals surface area contributed by atoms with E-state index in [1.54, 1.807) is 41.1 Å². The van der Waals surface area contributed by atoms with E-state index in [2.05, 4.69) is 10.4 Å². The van der Waals surface area contributed by atoms with Crippen LogP contribution in [0, 0.1) is 0 Å². The molecule has 3 heterocycles. The molecule has 30 heavy (non-hydrogen) atoms. The standard InChI is InChI=1S/C20H21N3O6S/c1-27-14-5-6-15(18(10-14)28-2)20(24)21-19-11-16(17-4-3-8-29-17)22-23(19)13-7-9-30(25,26)12-13/h3-6,8,10-11,13H,7,9,12H2,1-2H3,(H,21,24)/t13-/m0/s1. The van der Waals surface area contributed by atoms with Crippen LogP contribution in [0.3, 0.4) is 0 Å². The van der Waals surface area contributed by atoms with Crippen molar-refractivity contribution < 1.29 is 27.1 Å². The van der Waals surface area contributed by atoms with Crippen LogP contribution in [0.25, 0.3) is 11.5 Å². The Labute approximate surface area is 173 Å². The Morgan fingerprint density at radius 2 is 2.07 bits per heavy atom. The first-order valence-corrected chi connectivity index (χ1v) is 11.1. The van der Waals surface area contributed by atoms with Crippen molar-refractivity contribution in [2.75, 3.05) is 31.0 Å². The minimum absolute atomic E-state index is 0.0268. The van der Waals surface area contributed by atoms with E-state index in [9.17, 15) is 13.2 Å². The lowest BCUT2D eigenvalue weighted by atomic mass is 10.1. The van der Waals surface area contributed by atoms with E-state index < -0.39 is 15.7 Å². The van der Waals surface area contributed by atoms with E-state index in [1.807, 2.05) is 0 Å². The molecule has 1 atom stereocenters. The lowest BCUT2D eigenvalue weighted by Gasteiger charge is -2.15. The van der Waals surface area contributed by atoms with Crippen molar-refractivity contribution in [1.29, 1.82) is 0 Å². The Hall–Kier alpha value is -3.27. The number of nitrogens with zero attached hydrogens (tertiary/aromatic N) is 2. The highest BCUT2D eigenvalue weighted by molar-refractivity contribution is 7.91. The first-order chi connectivity index (χ1) is 14.4. The quantitative estimate of drug-likeness (QED) is 0.638. The molecule has 0 saturated carbocycles.